The highest BCUT2D eigenvalue weighted by Crippen LogP contribution is 2.26. The highest BCUT2D eigenvalue weighted by molar-refractivity contribution is 9.10. The summed E-state index contributed by atoms with van der Waals surface area (Å²) in [5, 5.41) is 0. The Morgan fingerprint density at radius 1 is 1.50 bits per heavy atom. The third kappa shape index (κ3) is 3.69. The third-order valence-electron chi connectivity index (χ3n) is 3.12. The number of halogens is 2. The molecule has 0 aliphatic carbocycles. The van der Waals surface area contributed by atoms with Gasteiger partial charge in [0.25, 0.3) is 0 Å². The molecule has 0 amide bonds. The number of hydrogen-bond donors (Lipinski definition) is 2. The van der Waals surface area contributed by atoms with Crippen molar-refractivity contribution in [2.24, 2.45) is 0 Å². The van der Waals surface area contributed by atoms with Gasteiger partial charge in [-0.2, -0.15) is 0 Å². The fourth-order valence-corrected chi connectivity index (χ4v) is 3.51. The number of sulfonamides is 1. The molecule has 112 valence electrons. The van der Waals surface area contributed by atoms with Crippen LogP contribution in [0.2, 0.25) is 0 Å². The van der Waals surface area contributed by atoms with Gasteiger partial charge in [0.2, 0.25) is 10.0 Å². The van der Waals surface area contributed by atoms with E-state index in [0.717, 1.165) is 31.6 Å². The summed E-state index contributed by atoms with van der Waals surface area (Å²) in [5.74, 6) is -0.837. The quantitative estimate of drug-likeness (QED) is 0.781. The van der Waals surface area contributed by atoms with Gasteiger partial charge in [-0.15, -0.1) is 0 Å². The normalized spacial score (nSPS) is 19.4. The zero-order chi connectivity index (χ0) is 14.8. The first kappa shape index (κ1) is 15.7. The molecular formula is C12H16BrFN2O3S. The number of hydrogen-bond acceptors (Lipinski definition) is 4. The van der Waals surface area contributed by atoms with Crippen LogP contribution in [0.5, 0.6) is 0 Å². The molecule has 5 nitrogen and oxygen atoms in total. The highest BCUT2D eigenvalue weighted by Gasteiger charge is 2.22. The summed E-state index contributed by atoms with van der Waals surface area (Å²) < 4.78 is 45.9. The van der Waals surface area contributed by atoms with Gasteiger partial charge in [0.15, 0.2) is 0 Å². The molecule has 0 aromatic heterocycles. The van der Waals surface area contributed by atoms with Crippen molar-refractivity contribution in [2.75, 3.05) is 18.9 Å². The van der Waals surface area contributed by atoms with Gasteiger partial charge in [0, 0.05) is 23.3 Å². The molecule has 0 saturated carbocycles. The maximum absolute atomic E-state index is 13.7. The summed E-state index contributed by atoms with van der Waals surface area (Å²) in [4.78, 5) is -0.439. The van der Waals surface area contributed by atoms with Crippen molar-refractivity contribution in [3.05, 3.63) is 22.4 Å². The van der Waals surface area contributed by atoms with Crippen LogP contribution in [0.4, 0.5) is 10.1 Å². The number of rotatable bonds is 5. The maximum atomic E-state index is 13.7. The Bertz CT molecular complexity index is 589. The average Bonchev–Trinajstić information content (AvgIpc) is 2.86. The Hall–Kier alpha value is -0.700. The summed E-state index contributed by atoms with van der Waals surface area (Å²) in [7, 11) is -3.90. The summed E-state index contributed by atoms with van der Waals surface area (Å²) in [6.07, 6.45) is 2.58. The van der Waals surface area contributed by atoms with Crippen LogP contribution in [-0.2, 0) is 14.8 Å². The Morgan fingerprint density at radius 2 is 2.25 bits per heavy atom. The molecule has 2 rings (SSSR count). The van der Waals surface area contributed by atoms with Crippen molar-refractivity contribution < 1.29 is 17.5 Å². The van der Waals surface area contributed by atoms with Crippen LogP contribution in [0.3, 0.4) is 0 Å². The second-order valence-corrected chi connectivity index (χ2v) is 7.22. The molecule has 3 N–H and O–H groups in total. The van der Waals surface area contributed by atoms with Crippen molar-refractivity contribution >= 4 is 31.6 Å². The number of nitrogens with one attached hydrogen (secondary N) is 1. The van der Waals surface area contributed by atoms with Gasteiger partial charge in [-0.05, 0) is 47.3 Å². The summed E-state index contributed by atoms with van der Waals surface area (Å²) in [6, 6.07) is 2.15. The molecule has 1 heterocycles. The summed E-state index contributed by atoms with van der Waals surface area (Å²) >= 11 is 3.05. The van der Waals surface area contributed by atoms with Crippen LogP contribution in [0.25, 0.3) is 0 Å². The lowest BCUT2D eigenvalue weighted by molar-refractivity contribution is 0.105. The average molecular weight is 367 g/mol. The number of benzene rings is 1. The third-order valence-corrected chi connectivity index (χ3v) is 5.29. The van der Waals surface area contributed by atoms with Crippen molar-refractivity contribution in [1.29, 1.82) is 0 Å². The van der Waals surface area contributed by atoms with Crippen molar-refractivity contribution in [3.63, 3.8) is 0 Å². The van der Waals surface area contributed by atoms with E-state index in [9.17, 15) is 12.8 Å². The van der Waals surface area contributed by atoms with E-state index in [-0.39, 0.29) is 18.3 Å². The minimum Gasteiger partial charge on any atom is -0.398 e. The van der Waals surface area contributed by atoms with E-state index in [1.54, 1.807) is 0 Å². The first-order valence-electron chi connectivity index (χ1n) is 6.26. The second kappa shape index (κ2) is 6.38. The first-order valence-corrected chi connectivity index (χ1v) is 8.53. The molecule has 1 atom stereocenters. The van der Waals surface area contributed by atoms with Crippen molar-refractivity contribution in [3.8, 4) is 0 Å². The van der Waals surface area contributed by atoms with E-state index in [4.69, 9.17) is 10.5 Å². The predicted molar refractivity (Wildman–Crippen MR) is 77.3 cm³/mol. The van der Waals surface area contributed by atoms with E-state index in [2.05, 4.69) is 20.7 Å². The number of nitrogens with two attached hydrogens (primary N) is 1. The van der Waals surface area contributed by atoms with Gasteiger partial charge < -0.3 is 10.5 Å². The van der Waals surface area contributed by atoms with E-state index in [1.807, 2.05) is 0 Å². The molecule has 1 unspecified atom stereocenters. The molecule has 1 saturated heterocycles. The molecule has 20 heavy (non-hydrogen) atoms. The zero-order valence-electron chi connectivity index (χ0n) is 10.7. The van der Waals surface area contributed by atoms with Gasteiger partial charge in [0.05, 0.1) is 6.10 Å². The molecule has 1 aromatic carbocycles. The highest BCUT2D eigenvalue weighted by atomic mass is 79.9. The van der Waals surface area contributed by atoms with Crippen LogP contribution in [0, 0.1) is 5.82 Å². The van der Waals surface area contributed by atoms with Gasteiger partial charge in [-0.25, -0.2) is 17.5 Å². The predicted octanol–water partition coefficient (Wildman–Crippen LogP) is 2.02. The fraction of sp³-hybridized carbons (Fsp3) is 0.500. The molecular weight excluding hydrogens is 351 g/mol. The number of anilines is 1. The van der Waals surface area contributed by atoms with Gasteiger partial charge in [-0.1, -0.05) is 0 Å². The SMILES string of the molecule is Nc1cc(S(=O)(=O)NCCC2CCCO2)c(F)cc1Br. The Balaban J connectivity index is 2.04. The first-order chi connectivity index (χ1) is 9.40. The van der Waals surface area contributed by atoms with Crippen LogP contribution in [0.15, 0.2) is 21.5 Å². The second-order valence-electron chi connectivity index (χ2n) is 4.63. The molecule has 1 aliphatic heterocycles. The van der Waals surface area contributed by atoms with Gasteiger partial charge in [0.1, 0.15) is 10.7 Å². The summed E-state index contributed by atoms with van der Waals surface area (Å²) in [5.41, 5.74) is 5.76. The molecule has 1 aliphatic rings. The van der Waals surface area contributed by atoms with Gasteiger partial charge in [-0.3, -0.25) is 0 Å². The van der Waals surface area contributed by atoms with E-state index in [1.165, 1.54) is 0 Å². The van der Waals surface area contributed by atoms with Crippen molar-refractivity contribution in [2.45, 2.75) is 30.3 Å². The van der Waals surface area contributed by atoms with Crippen molar-refractivity contribution in [1.82, 2.24) is 4.72 Å². The maximum Gasteiger partial charge on any atom is 0.243 e. The largest absolute Gasteiger partial charge is 0.398 e. The zero-order valence-corrected chi connectivity index (χ0v) is 13.1. The van der Waals surface area contributed by atoms with Gasteiger partial charge >= 0.3 is 0 Å². The standard InChI is InChI=1S/C12H16BrFN2O3S/c13-9-6-10(14)12(7-11(9)15)20(17,18)16-4-3-8-2-1-5-19-8/h6-8,16H,1-5,15H2. The number of nitrogen functional groups attached to an aromatic ring is 1. The Kier molecular flexibility index (Phi) is 5.00. The topological polar surface area (TPSA) is 81.4 Å². The lowest BCUT2D eigenvalue weighted by Crippen LogP contribution is -2.28. The Morgan fingerprint density at radius 3 is 2.90 bits per heavy atom. The smallest absolute Gasteiger partial charge is 0.243 e. The molecule has 0 spiro atoms. The molecule has 1 fully saturated rings. The number of ether oxygens (including phenoxy) is 1. The molecule has 0 radical (unpaired) electrons. The Labute approximate surface area is 125 Å². The monoisotopic (exact) mass is 366 g/mol. The van der Waals surface area contributed by atoms with Crippen LogP contribution >= 0.6 is 15.9 Å². The van der Waals surface area contributed by atoms with E-state index >= 15 is 0 Å². The minimum atomic E-state index is -3.90. The van der Waals surface area contributed by atoms with E-state index < -0.39 is 20.7 Å². The van der Waals surface area contributed by atoms with E-state index in [0.29, 0.717) is 10.9 Å². The van der Waals surface area contributed by atoms with Crippen LogP contribution in [-0.4, -0.2) is 27.7 Å². The molecule has 0 bridgehead atoms. The van der Waals surface area contributed by atoms with Crippen LogP contribution < -0.4 is 10.5 Å². The van der Waals surface area contributed by atoms with Crippen LogP contribution in [0.1, 0.15) is 19.3 Å². The fourth-order valence-electron chi connectivity index (χ4n) is 2.05. The molecule has 8 heteroatoms. The molecule has 1 aromatic rings. The lowest BCUT2D eigenvalue weighted by atomic mass is 10.2. The lowest BCUT2D eigenvalue weighted by Gasteiger charge is -2.12. The summed E-state index contributed by atoms with van der Waals surface area (Å²) in [6.45, 7) is 0.928. The minimum absolute atomic E-state index is 0.0811.